The summed E-state index contributed by atoms with van der Waals surface area (Å²) in [7, 11) is -2.55. The number of pyridine rings is 1. The summed E-state index contributed by atoms with van der Waals surface area (Å²) in [5, 5.41) is 2.77. The maximum atomic E-state index is 13.1. The van der Waals surface area contributed by atoms with E-state index in [0.29, 0.717) is 24.2 Å². The van der Waals surface area contributed by atoms with Gasteiger partial charge in [0.15, 0.2) is 0 Å². The molecule has 1 aromatic heterocycles. The van der Waals surface area contributed by atoms with Crippen molar-refractivity contribution in [2.24, 2.45) is 5.92 Å². The molecule has 1 aliphatic heterocycles. The molecule has 0 unspecified atom stereocenters. The monoisotopic (exact) mass is 495 g/mol. The van der Waals surface area contributed by atoms with Gasteiger partial charge in [-0.3, -0.25) is 4.79 Å². The number of halogens is 1. The number of anilines is 1. The Kier molecular flexibility index (Phi) is 6.89. The average molecular weight is 496 g/mol. The van der Waals surface area contributed by atoms with Gasteiger partial charge in [0.05, 0.1) is 17.6 Å². The highest BCUT2D eigenvalue weighted by Crippen LogP contribution is 2.27. The minimum absolute atomic E-state index is 0.0763. The Hall–Kier alpha value is -2.30. The van der Waals surface area contributed by atoms with Crippen molar-refractivity contribution in [2.75, 3.05) is 25.5 Å². The Morgan fingerprint density at radius 3 is 2.50 bits per heavy atom. The second-order valence-corrected chi connectivity index (χ2v) is 9.82. The maximum Gasteiger partial charge on any atom is 0.337 e. The van der Waals surface area contributed by atoms with Gasteiger partial charge in [-0.2, -0.15) is 4.31 Å². The zero-order valence-corrected chi connectivity index (χ0v) is 19.0. The number of aryl methyl sites for hydroxylation is 1. The number of rotatable bonds is 5. The molecule has 1 aromatic carbocycles. The van der Waals surface area contributed by atoms with Crippen molar-refractivity contribution in [1.82, 2.24) is 9.29 Å². The van der Waals surface area contributed by atoms with Crippen molar-refractivity contribution >= 4 is 43.6 Å². The van der Waals surface area contributed by atoms with Crippen LogP contribution in [-0.4, -0.2) is 49.8 Å². The molecule has 2 aromatic rings. The number of aromatic nitrogens is 1. The van der Waals surface area contributed by atoms with Gasteiger partial charge in [-0.25, -0.2) is 18.2 Å². The first-order valence-electron chi connectivity index (χ1n) is 9.34. The normalized spacial score (nSPS) is 15.6. The lowest BCUT2D eigenvalue weighted by atomic mass is 9.97. The number of piperidine rings is 1. The lowest BCUT2D eigenvalue weighted by molar-refractivity contribution is -0.120. The number of sulfonamides is 1. The first-order valence-corrected chi connectivity index (χ1v) is 11.6. The Balaban J connectivity index is 1.68. The molecule has 0 atom stereocenters. The Morgan fingerprint density at radius 2 is 1.90 bits per heavy atom. The molecule has 1 fully saturated rings. The van der Waals surface area contributed by atoms with Crippen molar-refractivity contribution in [3.63, 3.8) is 0 Å². The van der Waals surface area contributed by atoms with Gasteiger partial charge in [-0.15, -0.1) is 0 Å². The molecule has 1 amide bonds. The summed E-state index contributed by atoms with van der Waals surface area (Å²) in [4.78, 5) is 28.5. The average Bonchev–Trinajstić information content (AvgIpc) is 2.75. The fraction of sp³-hybridized carbons (Fsp3) is 0.350. The van der Waals surface area contributed by atoms with Crippen molar-refractivity contribution in [1.29, 1.82) is 0 Å². The van der Waals surface area contributed by atoms with Crippen LogP contribution in [0.4, 0.5) is 5.82 Å². The van der Waals surface area contributed by atoms with E-state index in [0.717, 1.165) is 4.47 Å². The number of amides is 1. The lowest BCUT2D eigenvalue weighted by Gasteiger charge is -2.31. The second kappa shape index (κ2) is 9.23. The lowest BCUT2D eigenvalue weighted by Crippen LogP contribution is -2.41. The number of carbonyl (C=O) groups excluding carboxylic acids is 2. The zero-order valence-electron chi connectivity index (χ0n) is 16.6. The number of nitrogens with zero attached hydrogens (tertiary/aromatic N) is 2. The summed E-state index contributed by atoms with van der Waals surface area (Å²) < 4.78 is 33.1. The van der Waals surface area contributed by atoms with Gasteiger partial charge in [0.1, 0.15) is 5.82 Å². The third-order valence-corrected chi connectivity index (χ3v) is 7.54. The van der Waals surface area contributed by atoms with Crippen LogP contribution in [0.1, 0.15) is 28.8 Å². The van der Waals surface area contributed by atoms with Crippen molar-refractivity contribution in [3.05, 3.63) is 52.1 Å². The molecule has 1 aliphatic rings. The van der Waals surface area contributed by atoms with Crippen molar-refractivity contribution in [3.8, 4) is 0 Å². The Bertz CT molecular complexity index is 1050. The Labute approximate surface area is 183 Å². The number of methoxy groups -OCH3 is 1. The van der Waals surface area contributed by atoms with E-state index >= 15 is 0 Å². The van der Waals surface area contributed by atoms with Gasteiger partial charge >= 0.3 is 5.97 Å². The number of hydrogen-bond donors (Lipinski definition) is 1. The van der Waals surface area contributed by atoms with Crippen molar-refractivity contribution < 1.29 is 22.7 Å². The van der Waals surface area contributed by atoms with Crippen LogP contribution in [0.25, 0.3) is 0 Å². The highest BCUT2D eigenvalue weighted by atomic mass is 79.9. The van der Waals surface area contributed by atoms with E-state index in [4.69, 9.17) is 0 Å². The molecular weight excluding hydrogens is 474 g/mol. The van der Waals surface area contributed by atoms with E-state index in [2.05, 4.69) is 31.0 Å². The van der Waals surface area contributed by atoms with E-state index in [1.54, 1.807) is 31.3 Å². The van der Waals surface area contributed by atoms with E-state index < -0.39 is 16.0 Å². The largest absolute Gasteiger partial charge is 0.465 e. The Morgan fingerprint density at radius 1 is 1.20 bits per heavy atom. The first kappa shape index (κ1) is 22.4. The molecule has 0 bridgehead atoms. The molecule has 10 heteroatoms. The molecule has 1 saturated heterocycles. The molecule has 160 valence electrons. The molecule has 0 aliphatic carbocycles. The van der Waals surface area contributed by atoms with Crippen LogP contribution in [-0.2, 0) is 19.6 Å². The van der Waals surface area contributed by atoms with Gasteiger partial charge in [-0.1, -0.05) is 6.07 Å². The molecular formula is C20H22BrN3O5S. The van der Waals surface area contributed by atoms with Gasteiger partial charge < -0.3 is 10.1 Å². The molecule has 3 rings (SSSR count). The van der Waals surface area contributed by atoms with Crippen LogP contribution in [0.5, 0.6) is 0 Å². The molecule has 0 spiro atoms. The van der Waals surface area contributed by atoms with E-state index in [-0.39, 0.29) is 35.4 Å². The molecule has 30 heavy (non-hydrogen) atoms. The van der Waals surface area contributed by atoms with Gasteiger partial charge in [0.25, 0.3) is 0 Å². The quantitative estimate of drug-likeness (QED) is 0.639. The van der Waals surface area contributed by atoms with Crippen LogP contribution in [0.2, 0.25) is 0 Å². The summed E-state index contributed by atoms with van der Waals surface area (Å²) in [5.74, 6) is -0.619. The number of benzene rings is 1. The molecule has 8 nitrogen and oxygen atoms in total. The summed E-state index contributed by atoms with van der Waals surface area (Å²) >= 11 is 3.29. The second-order valence-electron chi connectivity index (χ2n) is 7.00. The molecule has 0 saturated carbocycles. The van der Waals surface area contributed by atoms with Gasteiger partial charge in [0, 0.05) is 29.7 Å². The summed E-state index contributed by atoms with van der Waals surface area (Å²) in [5.41, 5.74) is 0.724. The number of carbonyl (C=O) groups is 2. The fourth-order valence-corrected chi connectivity index (χ4v) is 5.25. The van der Waals surface area contributed by atoms with Crippen LogP contribution in [0.15, 0.2) is 45.9 Å². The zero-order chi connectivity index (χ0) is 21.9. The minimum Gasteiger partial charge on any atom is -0.465 e. The minimum atomic E-state index is -3.79. The number of esters is 1. The topological polar surface area (TPSA) is 106 Å². The maximum absolute atomic E-state index is 13.1. The molecule has 0 radical (unpaired) electrons. The summed E-state index contributed by atoms with van der Waals surface area (Å²) in [6, 6.07) is 7.94. The number of nitrogens with one attached hydrogen (secondary N) is 1. The van der Waals surface area contributed by atoms with Gasteiger partial charge in [-0.05, 0) is 65.5 Å². The standard InChI is InChI=1S/C20H22BrN3O5S/c1-13-3-4-15(20(26)29-2)11-17(13)30(27,28)24-9-7-14(8-10-24)19(25)23-18-6-5-16(21)12-22-18/h3-6,11-12,14H,7-10H2,1-2H3,(H,22,23,25). The van der Waals surface area contributed by atoms with E-state index in [9.17, 15) is 18.0 Å². The van der Waals surface area contributed by atoms with Gasteiger partial charge in [0.2, 0.25) is 15.9 Å². The highest BCUT2D eigenvalue weighted by Gasteiger charge is 2.33. The predicted octanol–water partition coefficient (Wildman–Crippen LogP) is 2.98. The van der Waals surface area contributed by atoms with E-state index in [1.807, 2.05) is 0 Å². The third kappa shape index (κ3) is 4.88. The molecule has 1 N–H and O–H groups in total. The third-order valence-electron chi connectivity index (χ3n) is 5.03. The van der Waals surface area contributed by atoms with Crippen LogP contribution in [0, 0.1) is 12.8 Å². The van der Waals surface area contributed by atoms with Crippen LogP contribution in [0.3, 0.4) is 0 Å². The van der Waals surface area contributed by atoms with E-state index in [1.165, 1.54) is 23.5 Å². The highest BCUT2D eigenvalue weighted by molar-refractivity contribution is 9.10. The summed E-state index contributed by atoms with van der Waals surface area (Å²) in [6.07, 6.45) is 2.39. The number of ether oxygens (including phenoxy) is 1. The fourth-order valence-electron chi connectivity index (χ4n) is 3.30. The smallest absolute Gasteiger partial charge is 0.337 e. The number of hydrogen-bond acceptors (Lipinski definition) is 6. The molecule has 2 heterocycles. The van der Waals surface area contributed by atoms with Crippen molar-refractivity contribution in [2.45, 2.75) is 24.7 Å². The summed E-state index contributed by atoms with van der Waals surface area (Å²) in [6.45, 7) is 2.12. The predicted molar refractivity (Wildman–Crippen MR) is 115 cm³/mol. The first-order chi connectivity index (χ1) is 14.2. The SMILES string of the molecule is COC(=O)c1ccc(C)c(S(=O)(=O)N2CCC(C(=O)Nc3ccc(Br)cn3)CC2)c1. The van der Waals surface area contributed by atoms with Crippen LogP contribution < -0.4 is 5.32 Å². The van der Waals surface area contributed by atoms with Crippen LogP contribution >= 0.6 is 15.9 Å².